The summed E-state index contributed by atoms with van der Waals surface area (Å²) >= 11 is 0. The van der Waals surface area contributed by atoms with Crippen LogP contribution >= 0.6 is 0 Å². The number of rotatable bonds is 17. The molecule has 5 aromatic carbocycles. The van der Waals surface area contributed by atoms with Gasteiger partial charge >= 0.3 is 5.97 Å². The average Bonchev–Trinajstić information content (AvgIpc) is 3.84. The molecule has 0 saturated carbocycles. The molecule has 14 nitrogen and oxygen atoms in total. The van der Waals surface area contributed by atoms with E-state index in [0.717, 1.165) is 39.3 Å². The Labute approximate surface area is 409 Å². The van der Waals surface area contributed by atoms with Crippen LogP contribution in [0.5, 0.6) is 23.0 Å². The standard InChI is InChI=1S/C56H61N5O9/c1-55(2,3)70-21-19-56(4,5)59(20-13-18-52(62)67-8)39-23-35(33-68-50-29-44-42(27-48(50)65-6)53(63)60-40(31-57-44)25-37-14-9-11-16-46(37)60)22-36(24-39)34-69-51-30-45-43(28-49(51)66-7)54(64)61-41(32-58-45)26-38-15-10-12-17-47(38)61/h9-12,14-17,22-24,27-32,40-41H,13,18-21,25-26,33-34H2,1-8H3/t40-,41-/m0/s1. The Morgan fingerprint density at radius 3 is 1.64 bits per heavy atom. The van der Waals surface area contributed by atoms with Crippen LogP contribution in [-0.2, 0) is 40.3 Å². The van der Waals surface area contributed by atoms with Crippen LogP contribution in [0.25, 0.3) is 0 Å². The first-order valence-corrected chi connectivity index (χ1v) is 23.9. The lowest BCUT2D eigenvalue weighted by atomic mass is 9.95. The highest BCUT2D eigenvalue weighted by atomic mass is 16.5. The van der Waals surface area contributed by atoms with E-state index in [2.05, 4.69) is 30.9 Å². The molecule has 0 unspecified atom stereocenters. The third kappa shape index (κ3) is 9.82. The van der Waals surface area contributed by atoms with E-state index in [-0.39, 0.29) is 55.1 Å². The number of amides is 2. The number of carbonyl (C=O) groups excluding carboxylic acids is 3. The van der Waals surface area contributed by atoms with Gasteiger partial charge < -0.3 is 33.3 Å². The number of hydrogen-bond donors (Lipinski definition) is 0. The number of hydrogen-bond acceptors (Lipinski definition) is 12. The molecule has 4 heterocycles. The number of carbonyl (C=O) groups is 3. The number of esters is 1. The fraction of sp³-hybridized carbons (Fsp3) is 0.375. The van der Waals surface area contributed by atoms with E-state index in [4.69, 9.17) is 38.4 Å². The molecule has 0 radical (unpaired) electrons. The molecule has 0 aromatic heterocycles. The zero-order valence-electron chi connectivity index (χ0n) is 41.2. The van der Waals surface area contributed by atoms with Crippen LogP contribution in [0, 0.1) is 0 Å². The van der Waals surface area contributed by atoms with Crippen molar-refractivity contribution in [3.05, 3.63) is 124 Å². The topological polar surface area (TPSA) is 141 Å². The van der Waals surface area contributed by atoms with E-state index in [0.29, 0.717) is 84.3 Å². The average molecular weight is 948 g/mol. The highest BCUT2D eigenvalue weighted by Crippen LogP contribution is 2.43. The van der Waals surface area contributed by atoms with Gasteiger partial charge in [0.25, 0.3) is 11.8 Å². The van der Waals surface area contributed by atoms with Crippen molar-refractivity contribution < 1.29 is 42.8 Å². The SMILES string of the molecule is COC(=O)CCCN(c1cc(COc2cc3c(cc2OC)C(=O)N2c4ccccc4C[C@H]2C=N3)cc(COc2cc3c(cc2OC)C(=O)N2c4ccccc4C[C@H]2C=N3)c1)C(C)(C)CCOC(C)(C)C. The van der Waals surface area contributed by atoms with Gasteiger partial charge in [0, 0.05) is 79.6 Å². The van der Waals surface area contributed by atoms with Gasteiger partial charge in [-0.05, 0) is 112 Å². The molecular formula is C56H61N5O9. The highest BCUT2D eigenvalue weighted by molar-refractivity contribution is 6.16. The van der Waals surface area contributed by atoms with E-state index in [9.17, 15) is 14.4 Å². The maximum Gasteiger partial charge on any atom is 0.305 e. The van der Waals surface area contributed by atoms with Crippen molar-refractivity contribution in [1.29, 1.82) is 0 Å². The molecule has 0 N–H and O–H groups in total. The minimum Gasteiger partial charge on any atom is -0.493 e. The summed E-state index contributed by atoms with van der Waals surface area (Å²) in [6.07, 6.45) is 6.54. The Morgan fingerprint density at radius 1 is 0.671 bits per heavy atom. The molecule has 4 aliphatic rings. The molecule has 0 bridgehead atoms. The second kappa shape index (κ2) is 19.7. The Bertz CT molecular complexity index is 2720. The number of para-hydroxylation sites is 2. The molecule has 364 valence electrons. The van der Waals surface area contributed by atoms with Crippen molar-refractivity contribution in [3.8, 4) is 23.0 Å². The number of anilines is 3. The summed E-state index contributed by atoms with van der Waals surface area (Å²) in [5.41, 5.74) is 7.62. The number of fused-ring (bicyclic) bond motifs is 8. The van der Waals surface area contributed by atoms with Crippen LogP contribution in [0.4, 0.5) is 28.4 Å². The zero-order chi connectivity index (χ0) is 49.3. The summed E-state index contributed by atoms with van der Waals surface area (Å²) < 4.78 is 36.2. The summed E-state index contributed by atoms with van der Waals surface area (Å²) in [7, 11) is 4.52. The van der Waals surface area contributed by atoms with Crippen LogP contribution in [0.1, 0.15) is 96.9 Å². The molecule has 70 heavy (non-hydrogen) atoms. The van der Waals surface area contributed by atoms with E-state index in [1.165, 1.54) is 7.11 Å². The highest BCUT2D eigenvalue weighted by Gasteiger charge is 2.38. The summed E-state index contributed by atoms with van der Waals surface area (Å²) in [6.45, 7) is 11.8. The summed E-state index contributed by atoms with van der Waals surface area (Å²) in [5.74, 6) is 1.09. The fourth-order valence-electron chi connectivity index (χ4n) is 9.77. The molecule has 0 fully saturated rings. The first kappa shape index (κ1) is 47.9. The number of benzene rings is 5. The largest absolute Gasteiger partial charge is 0.493 e. The van der Waals surface area contributed by atoms with Crippen molar-refractivity contribution >= 4 is 58.6 Å². The number of nitrogens with zero attached hydrogens (tertiary/aromatic N) is 5. The molecular weight excluding hydrogens is 887 g/mol. The maximum absolute atomic E-state index is 14.2. The smallest absolute Gasteiger partial charge is 0.305 e. The maximum atomic E-state index is 14.2. The fourth-order valence-corrected chi connectivity index (χ4v) is 9.77. The third-order valence-electron chi connectivity index (χ3n) is 13.4. The molecule has 2 atom stereocenters. The summed E-state index contributed by atoms with van der Waals surface area (Å²) in [6, 6.07) is 28.6. The van der Waals surface area contributed by atoms with Crippen molar-refractivity contribution in [2.75, 3.05) is 49.2 Å². The minimum atomic E-state index is -0.432. The molecule has 14 heteroatoms. The van der Waals surface area contributed by atoms with Gasteiger partial charge in [-0.15, -0.1) is 0 Å². The van der Waals surface area contributed by atoms with Gasteiger partial charge in [-0.2, -0.15) is 0 Å². The van der Waals surface area contributed by atoms with E-state index >= 15 is 0 Å². The van der Waals surface area contributed by atoms with Gasteiger partial charge in [-0.1, -0.05) is 36.4 Å². The normalized spacial score (nSPS) is 16.6. The number of methoxy groups -OCH3 is 3. The van der Waals surface area contributed by atoms with Crippen molar-refractivity contribution in [1.82, 2.24) is 0 Å². The second-order valence-corrected chi connectivity index (χ2v) is 19.7. The second-order valence-electron chi connectivity index (χ2n) is 19.7. The van der Waals surface area contributed by atoms with Gasteiger partial charge in [0.1, 0.15) is 13.2 Å². The molecule has 0 aliphatic carbocycles. The van der Waals surface area contributed by atoms with Crippen molar-refractivity contribution in [2.24, 2.45) is 9.98 Å². The Balaban J connectivity index is 1.04. The molecule has 9 rings (SSSR count). The van der Waals surface area contributed by atoms with Gasteiger partial charge in [-0.25, -0.2) is 0 Å². The minimum absolute atomic E-state index is 0.124. The Kier molecular flexibility index (Phi) is 13.4. The lowest BCUT2D eigenvalue weighted by molar-refractivity contribution is -0.140. The lowest BCUT2D eigenvalue weighted by Crippen LogP contribution is -2.46. The molecule has 5 aromatic rings. The number of aliphatic imine (C=N–C) groups is 2. The van der Waals surface area contributed by atoms with E-state index in [1.54, 1.807) is 38.5 Å². The van der Waals surface area contributed by atoms with Gasteiger partial charge in [0.2, 0.25) is 0 Å². The summed E-state index contributed by atoms with van der Waals surface area (Å²) in [5, 5.41) is 0. The first-order chi connectivity index (χ1) is 33.6. The zero-order valence-corrected chi connectivity index (χ0v) is 41.2. The predicted octanol–water partition coefficient (Wildman–Crippen LogP) is 10.2. The van der Waals surface area contributed by atoms with Crippen LogP contribution in [0.15, 0.2) is 101 Å². The van der Waals surface area contributed by atoms with Crippen molar-refractivity contribution in [2.45, 2.75) is 103 Å². The quantitative estimate of drug-likeness (QED) is 0.0827. The van der Waals surface area contributed by atoms with Gasteiger partial charge in [-0.3, -0.25) is 34.2 Å². The monoisotopic (exact) mass is 947 g/mol. The van der Waals surface area contributed by atoms with Crippen LogP contribution in [0.2, 0.25) is 0 Å². The van der Waals surface area contributed by atoms with E-state index < -0.39 is 5.54 Å². The third-order valence-corrected chi connectivity index (χ3v) is 13.4. The first-order valence-electron chi connectivity index (χ1n) is 23.9. The molecule has 0 spiro atoms. The summed E-state index contributed by atoms with van der Waals surface area (Å²) in [4.78, 5) is 56.3. The Hall–Kier alpha value is -7.19. The van der Waals surface area contributed by atoms with Gasteiger partial charge in [0.15, 0.2) is 23.0 Å². The molecule has 0 saturated heterocycles. The van der Waals surface area contributed by atoms with E-state index in [1.807, 2.05) is 97.6 Å². The molecule has 4 aliphatic heterocycles. The van der Waals surface area contributed by atoms with Crippen LogP contribution in [0.3, 0.4) is 0 Å². The lowest BCUT2D eigenvalue weighted by Gasteiger charge is -2.41. The van der Waals surface area contributed by atoms with Crippen molar-refractivity contribution in [3.63, 3.8) is 0 Å². The van der Waals surface area contributed by atoms with Crippen LogP contribution in [-0.4, -0.2) is 87.9 Å². The predicted molar refractivity (Wildman–Crippen MR) is 272 cm³/mol. The number of ether oxygens (including phenoxy) is 6. The van der Waals surface area contributed by atoms with Gasteiger partial charge in [0.05, 0.1) is 61.5 Å². The molecule has 2 amide bonds. The Morgan fingerprint density at radius 2 is 1.17 bits per heavy atom. The van der Waals surface area contributed by atoms with Crippen LogP contribution < -0.4 is 33.6 Å².